The summed E-state index contributed by atoms with van der Waals surface area (Å²) in [6, 6.07) is 7.12. The summed E-state index contributed by atoms with van der Waals surface area (Å²) in [6.45, 7) is 2.44. The third-order valence-corrected chi connectivity index (χ3v) is 7.47. The third-order valence-electron chi connectivity index (χ3n) is 5.57. The molecule has 2 heterocycles. The molecule has 31 heavy (non-hydrogen) atoms. The fraction of sp³-hybridized carbons (Fsp3) is 0.476. The van der Waals surface area contributed by atoms with E-state index in [9.17, 15) is 8.42 Å². The van der Waals surface area contributed by atoms with Gasteiger partial charge in [0.1, 0.15) is 11.6 Å². The van der Waals surface area contributed by atoms with E-state index in [0.29, 0.717) is 36.2 Å². The van der Waals surface area contributed by atoms with Gasteiger partial charge in [0.25, 0.3) is 0 Å². The molecule has 1 aromatic carbocycles. The van der Waals surface area contributed by atoms with Crippen molar-refractivity contribution in [3.05, 3.63) is 40.7 Å². The van der Waals surface area contributed by atoms with E-state index in [1.807, 2.05) is 19.1 Å². The van der Waals surface area contributed by atoms with Crippen molar-refractivity contribution < 1.29 is 12.9 Å². The zero-order valence-electron chi connectivity index (χ0n) is 17.6. The van der Waals surface area contributed by atoms with Crippen LogP contribution < -0.4 is 10.6 Å². The lowest BCUT2D eigenvalue weighted by Crippen LogP contribution is -2.41. The van der Waals surface area contributed by atoms with Crippen LogP contribution in [0.5, 0.6) is 0 Å². The van der Waals surface area contributed by atoms with E-state index in [0.717, 1.165) is 41.6 Å². The van der Waals surface area contributed by atoms with Crippen molar-refractivity contribution in [3.63, 3.8) is 0 Å². The normalized spacial score (nSPS) is 19.5. The van der Waals surface area contributed by atoms with E-state index < -0.39 is 15.1 Å². The summed E-state index contributed by atoms with van der Waals surface area (Å²) in [6.07, 6.45) is 5.31. The van der Waals surface area contributed by atoms with Gasteiger partial charge < -0.3 is 15.2 Å². The van der Waals surface area contributed by atoms with Crippen LogP contribution >= 0.6 is 11.6 Å². The summed E-state index contributed by atoms with van der Waals surface area (Å²) in [4.78, 5) is 9.25. The molecule has 1 aliphatic carbocycles. The van der Waals surface area contributed by atoms with Gasteiger partial charge in [0, 0.05) is 41.7 Å². The molecule has 0 unspecified atom stereocenters. The summed E-state index contributed by atoms with van der Waals surface area (Å²) < 4.78 is 29.8. The van der Waals surface area contributed by atoms with Crippen molar-refractivity contribution in [2.45, 2.75) is 50.3 Å². The standard InChI is InChI=1S/C21H26ClN5O3S/c1-13-11-15(27-30-13)9-10-23-21-25-17-8-7-14(22)12-16(17)20(26-21)24-18-5-3-4-6-19(18)31(2,28)29/h7-8,11-12,18-19H,3-6,9-10H2,1-2H3,(H2,23,24,25,26)/t18-,19-/m1/s1. The molecule has 0 bridgehead atoms. The Morgan fingerprint density at radius 3 is 2.74 bits per heavy atom. The molecule has 1 aliphatic rings. The van der Waals surface area contributed by atoms with E-state index in [-0.39, 0.29) is 6.04 Å². The van der Waals surface area contributed by atoms with Crippen LogP contribution in [0.2, 0.25) is 5.02 Å². The van der Waals surface area contributed by atoms with Crippen LogP contribution in [-0.4, -0.2) is 47.6 Å². The highest BCUT2D eigenvalue weighted by atomic mass is 35.5. The fourth-order valence-corrected chi connectivity index (χ4v) is 5.65. The van der Waals surface area contributed by atoms with Gasteiger partial charge in [-0.3, -0.25) is 0 Å². The number of halogens is 1. The number of benzene rings is 1. The Labute approximate surface area is 186 Å². The van der Waals surface area contributed by atoms with Gasteiger partial charge in [-0.25, -0.2) is 13.4 Å². The van der Waals surface area contributed by atoms with Crippen molar-refractivity contribution in [2.75, 3.05) is 23.4 Å². The first-order valence-corrected chi connectivity index (χ1v) is 12.7. The molecule has 0 aliphatic heterocycles. The van der Waals surface area contributed by atoms with E-state index in [1.54, 1.807) is 12.1 Å². The van der Waals surface area contributed by atoms with Crippen molar-refractivity contribution in [2.24, 2.45) is 0 Å². The van der Waals surface area contributed by atoms with Crippen molar-refractivity contribution >= 4 is 44.1 Å². The minimum Gasteiger partial charge on any atom is -0.365 e. The number of fused-ring (bicyclic) bond motifs is 1. The number of anilines is 2. The van der Waals surface area contributed by atoms with Gasteiger partial charge in [-0.05, 0) is 38.0 Å². The topological polar surface area (TPSA) is 110 Å². The average molecular weight is 464 g/mol. The molecule has 2 N–H and O–H groups in total. The molecule has 4 rings (SSSR count). The lowest BCUT2D eigenvalue weighted by Gasteiger charge is -2.31. The molecule has 1 fully saturated rings. The third kappa shape index (κ3) is 5.27. The number of nitrogens with one attached hydrogen (secondary N) is 2. The van der Waals surface area contributed by atoms with Crippen LogP contribution in [-0.2, 0) is 16.3 Å². The first kappa shape index (κ1) is 21.8. The Morgan fingerprint density at radius 2 is 2.00 bits per heavy atom. The van der Waals surface area contributed by atoms with Gasteiger partial charge in [0.05, 0.1) is 16.5 Å². The fourth-order valence-electron chi connectivity index (χ4n) is 4.08. The zero-order chi connectivity index (χ0) is 22.0. The summed E-state index contributed by atoms with van der Waals surface area (Å²) >= 11 is 6.22. The molecule has 0 radical (unpaired) electrons. The predicted molar refractivity (Wildman–Crippen MR) is 122 cm³/mol. The SMILES string of the molecule is Cc1cc(CCNc2nc(N[C@@H]3CCCC[C@H]3S(C)(=O)=O)c3cc(Cl)ccc3n2)no1. The van der Waals surface area contributed by atoms with Crippen molar-refractivity contribution in [1.82, 2.24) is 15.1 Å². The quantitative estimate of drug-likeness (QED) is 0.541. The summed E-state index contributed by atoms with van der Waals surface area (Å²) in [7, 11) is -3.17. The monoisotopic (exact) mass is 463 g/mol. The maximum atomic E-state index is 12.3. The van der Waals surface area contributed by atoms with Crippen LogP contribution in [0.25, 0.3) is 10.9 Å². The minimum absolute atomic E-state index is 0.202. The van der Waals surface area contributed by atoms with Crippen molar-refractivity contribution in [1.29, 1.82) is 0 Å². The molecule has 10 heteroatoms. The van der Waals surface area contributed by atoms with Gasteiger partial charge in [-0.15, -0.1) is 0 Å². The number of rotatable bonds is 7. The smallest absolute Gasteiger partial charge is 0.225 e. The largest absolute Gasteiger partial charge is 0.365 e. The van der Waals surface area contributed by atoms with Gasteiger partial charge in [0.2, 0.25) is 5.95 Å². The highest BCUT2D eigenvalue weighted by Gasteiger charge is 2.33. The Balaban J connectivity index is 1.60. The van der Waals surface area contributed by atoms with E-state index in [2.05, 4.69) is 25.8 Å². The highest BCUT2D eigenvalue weighted by molar-refractivity contribution is 7.91. The number of hydrogen-bond donors (Lipinski definition) is 2. The Hall–Kier alpha value is -2.39. The van der Waals surface area contributed by atoms with Crippen molar-refractivity contribution in [3.8, 4) is 0 Å². The first-order valence-electron chi connectivity index (χ1n) is 10.4. The molecular formula is C21H26ClN5O3S. The van der Waals surface area contributed by atoms with Crippen LogP contribution in [0.15, 0.2) is 28.8 Å². The molecule has 0 amide bonds. The Kier molecular flexibility index (Phi) is 6.34. The molecule has 0 saturated heterocycles. The zero-order valence-corrected chi connectivity index (χ0v) is 19.1. The second kappa shape index (κ2) is 9.00. The summed E-state index contributed by atoms with van der Waals surface area (Å²) in [5, 5.41) is 11.5. The van der Waals surface area contributed by atoms with E-state index in [1.165, 1.54) is 6.26 Å². The number of aryl methyl sites for hydroxylation is 1. The number of nitrogens with zero attached hydrogens (tertiary/aromatic N) is 3. The molecule has 2 aromatic heterocycles. The first-order chi connectivity index (χ1) is 14.8. The maximum absolute atomic E-state index is 12.3. The van der Waals surface area contributed by atoms with Crippen LogP contribution in [0.3, 0.4) is 0 Å². The summed E-state index contributed by atoms with van der Waals surface area (Å²) in [5.41, 5.74) is 1.59. The van der Waals surface area contributed by atoms with Crippen LogP contribution in [0.4, 0.5) is 11.8 Å². The Morgan fingerprint density at radius 1 is 1.19 bits per heavy atom. The van der Waals surface area contributed by atoms with Crippen LogP contribution in [0, 0.1) is 6.92 Å². The predicted octanol–water partition coefficient (Wildman–Crippen LogP) is 4.00. The highest BCUT2D eigenvalue weighted by Crippen LogP contribution is 2.30. The second-order valence-electron chi connectivity index (χ2n) is 8.07. The molecule has 2 atom stereocenters. The van der Waals surface area contributed by atoms with Gasteiger partial charge in [-0.2, -0.15) is 4.98 Å². The molecule has 1 saturated carbocycles. The second-order valence-corrected chi connectivity index (χ2v) is 10.8. The van der Waals surface area contributed by atoms with E-state index >= 15 is 0 Å². The molecule has 0 spiro atoms. The lowest BCUT2D eigenvalue weighted by molar-refractivity contribution is 0.391. The molecule has 166 valence electrons. The van der Waals surface area contributed by atoms with Crippen LogP contribution in [0.1, 0.15) is 37.1 Å². The van der Waals surface area contributed by atoms with E-state index in [4.69, 9.17) is 16.1 Å². The lowest BCUT2D eigenvalue weighted by atomic mass is 9.95. The van der Waals surface area contributed by atoms with Gasteiger partial charge >= 0.3 is 0 Å². The van der Waals surface area contributed by atoms with Gasteiger partial charge in [-0.1, -0.05) is 29.6 Å². The minimum atomic E-state index is -3.17. The summed E-state index contributed by atoms with van der Waals surface area (Å²) in [5.74, 6) is 1.82. The maximum Gasteiger partial charge on any atom is 0.225 e. The molecule has 3 aromatic rings. The van der Waals surface area contributed by atoms with Gasteiger partial charge in [0.15, 0.2) is 9.84 Å². The average Bonchev–Trinajstić information content (AvgIpc) is 3.13. The number of aromatic nitrogens is 3. The Bertz CT molecular complexity index is 1180. The molecular weight excluding hydrogens is 438 g/mol. The number of sulfone groups is 1. The number of hydrogen-bond acceptors (Lipinski definition) is 8. The molecule has 8 nitrogen and oxygen atoms in total.